The predicted octanol–water partition coefficient (Wildman–Crippen LogP) is 1.91. The summed E-state index contributed by atoms with van der Waals surface area (Å²) in [6.45, 7) is 7.91. The second-order valence-electron chi connectivity index (χ2n) is 7.34. The summed E-state index contributed by atoms with van der Waals surface area (Å²) < 4.78 is 5.43. The maximum Gasteiger partial charge on any atom is 0.169 e. The number of quaternary nitrogens is 1. The lowest BCUT2D eigenvalue weighted by Gasteiger charge is -2.27. The molecule has 2 aromatic carbocycles. The Bertz CT molecular complexity index is 690. The van der Waals surface area contributed by atoms with Gasteiger partial charge in [-0.15, -0.1) is 0 Å². The zero-order valence-corrected chi connectivity index (χ0v) is 17.4. The maximum atomic E-state index is 5.75. The Morgan fingerprint density at radius 2 is 1.61 bits per heavy atom. The van der Waals surface area contributed by atoms with E-state index < -0.39 is 0 Å². The van der Waals surface area contributed by atoms with Gasteiger partial charge in [0, 0.05) is 26.1 Å². The van der Waals surface area contributed by atoms with Crippen LogP contribution in [0, 0.1) is 0 Å². The molecule has 3 rings (SSSR count). The molecule has 2 N–H and O–H groups in total. The SMILES string of the molecule is S=C(NCCC[NH+]1CCOCC1)N(CCc1ccccc1)Cc1ccccc1. The summed E-state index contributed by atoms with van der Waals surface area (Å²) in [5, 5.41) is 4.35. The zero-order chi connectivity index (χ0) is 19.4. The lowest BCUT2D eigenvalue weighted by Crippen LogP contribution is -3.14. The largest absolute Gasteiger partial charge is 0.370 e. The van der Waals surface area contributed by atoms with Crippen molar-refractivity contribution >= 4 is 17.3 Å². The molecule has 1 fully saturated rings. The minimum Gasteiger partial charge on any atom is -0.370 e. The van der Waals surface area contributed by atoms with Gasteiger partial charge in [0.05, 0.1) is 19.8 Å². The van der Waals surface area contributed by atoms with Gasteiger partial charge in [-0.25, -0.2) is 0 Å². The molecule has 0 amide bonds. The number of morpholine rings is 1. The molecule has 1 aliphatic heterocycles. The van der Waals surface area contributed by atoms with Crippen LogP contribution < -0.4 is 10.2 Å². The average Bonchev–Trinajstić information content (AvgIpc) is 2.76. The molecule has 4 nitrogen and oxygen atoms in total. The summed E-state index contributed by atoms with van der Waals surface area (Å²) in [5.41, 5.74) is 2.64. The van der Waals surface area contributed by atoms with Crippen LogP contribution in [0.3, 0.4) is 0 Å². The van der Waals surface area contributed by atoms with Gasteiger partial charge >= 0.3 is 0 Å². The van der Waals surface area contributed by atoms with Gasteiger partial charge in [0.2, 0.25) is 0 Å². The minimum absolute atomic E-state index is 0.841. The molecular formula is C23H32N3OS+. The average molecular weight is 399 g/mol. The smallest absolute Gasteiger partial charge is 0.169 e. The van der Waals surface area contributed by atoms with Crippen molar-refractivity contribution < 1.29 is 9.64 Å². The van der Waals surface area contributed by atoms with Crippen molar-refractivity contribution in [3.05, 3.63) is 71.8 Å². The fourth-order valence-corrected chi connectivity index (χ4v) is 3.78. The lowest BCUT2D eigenvalue weighted by atomic mass is 10.1. The minimum atomic E-state index is 0.841. The summed E-state index contributed by atoms with van der Waals surface area (Å²) in [6.07, 6.45) is 2.13. The van der Waals surface area contributed by atoms with Crippen molar-refractivity contribution in [1.29, 1.82) is 0 Å². The van der Waals surface area contributed by atoms with Crippen molar-refractivity contribution in [2.75, 3.05) is 45.9 Å². The van der Waals surface area contributed by atoms with Gasteiger partial charge in [-0.1, -0.05) is 60.7 Å². The van der Waals surface area contributed by atoms with Gasteiger partial charge in [-0.2, -0.15) is 0 Å². The summed E-state index contributed by atoms with van der Waals surface area (Å²) >= 11 is 5.75. The quantitative estimate of drug-likeness (QED) is 0.499. The fourth-order valence-electron chi connectivity index (χ4n) is 3.52. The highest BCUT2D eigenvalue weighted by Crippen LogP contribution is 2.08. The molecule has 1 saturated heterocycles. The standard InChI is InChI=1S/C23H31N3OS/c28-23(24-13-7-14-25-16-18-27-19-17-25)26(20-22-10-5-2-6-11-22)15-12-21-8-3-1-4-9-21/h1-6,8-11H,7,12-20H2,(H,24,28)/p+1. The second kappa shape index (κ2) is 11.8. The molecule has 0 radical (unpaired) electrons. The first kappa shape index (κ1) is 20.8. The molecule has 5 heteroatoms. The van der Waals surface area contributed by atoms with Crippen molar-refractivity contribution in [3.63, 3.8) is 0 Å². The first-order chi connectivity index (χ1) is 13.8. The van der Waals surface area contributed by atoms with Gasteiger partial charge in [-0.3, -0.25) is 0 Å². The van der Waals surface area contributed by atoms with Gasteiger partial charge in [0.1, 0.15) is 13.1 Å². The molecule has 0 saturated carbocycles. The van der Waals surface area contributed by atoms with Crippen LogP contribution in [-0.4, -0.2) is 55.9 Å². The summed E-state index contributed by atoms with van der Waals surface area (Å²) in [7, 11) is 0. The van der Waals surface area contributed by atoms with E-state index in [1.807, 2.05) is 0 Å². The van der Waals surface area contributed by atoms with Crippen molar-refractivity contribution in [2.45, 2.75) is 19.4 Å². The highest BCUT2D eigenvalue weighted by atomic mass is 32.1. The van der Waals surface area contributed by atoms with E-state index in [-0.39, 0.29) is 0 Å². The van der Waals surface area contributed by atoms with Gasteiger partial charge in [-0.05, 0) is 29.8 Å². The van der Waals surface area contributed by atoms with Crippen LogP contribution in [0.15, 0.2) is 60.7 Å². The molecule has 1 aliphatic rings. The van der Waals surface area contributed by atoms with E-state index in [9.17, 15) is 0 Å². The van der Waals surface area contributed by atoms with Crippen LogP contribution in [-0.2, 0) is 17.7 Å². The highest BCUT2D eigenvalue weighted by Gasteiger charge is 2.14. The summed E-state index contributed by atoms with van der Waals surface area (Å²) in [5.74, 6) is 0. The second-order valence-corrected chi connectivity index (χ2v) is 7.73. The van der Waals surface area contributed by atoms with E-state index in [1.54, 1.807) is 4.90 Å². The van der Waals surface area contributed by atoms with Crippen LogP contribution in [0.5, 0.6) is 0 Å². The normalized spacial score (nSPS) is 14.6. The van der Waals surface area contributed by atoms with Crippen LogP contribution in [0.25, 0.3) is 0 Å². The zero-order valence-electron chi connectivity index (χ0n) is 16.6. The van der Waals surface area contributed by atoms with E-state index in [0.29, 0.717) is 0 Å². The third-order valence-electron chi connectivity index (χ3n) is 5.20. The Balaban J connectivity index is 1.48. The Kier molecular flexibility index (Phi) is 8.75. The van der Waals surface area contributed by atoms with Gasteiger partial charge in [0.15, 0.2) is 5.11 Å². The summed E-state index contributed by atoms with van der Waals surface area (Å²) in [4.78, 5) is 3.93. The van der Waals surface area contributed by atoms with Crippen LogP contribution in [0.1, 0.15) is 17.5 Å². The molecule has 0 spiro atoms. The van der Waals surface area contributed by atoms with Gasteiger partial charge in [0.25, 0.3) is 0 Å². The van der Waals surface area contributed by atoms with Crippen molar-refractivity contribution in [3.8, 4) is 0 Å². The molecule has 0 bridgehead atoms. The molecular weight excluding hydrogens is 366 g/mol. The Labute approximate surface area is 174 Å². The number of thiocarbonyl (C=S) groups is 1. The molecule has 2 aromatic rings. The highest BCUT2D eigenvalue weighted by molar-refractivity contribution is 7.80. The van der Waals surface area contributed by atoms with E-state index in [1.165, 1.54) is 17.7 Å². The first-order valence-corrected chi connectivity index (χ1v) is 10.7. The third-order valence-corrected chi connectivity index (χ3v) is 5.60. The molecule has 0 unspecified atom stereocenters. The fraction of sp³-hybridized carbons (Fsp3) is 0.435. The molecule has 0 aromatic heterocycles. The van der Waals surface area contributed by atoms with Crippen LogP contribution >= 0.6 is 12.2 Å². The Morgan fingerprint density at radius 1 is 0.964 bits per heavy atom. The first-order valence-electron chi connectivity index (χ1n) is 10.3. The van der Waals surface area contributed by atoms with Crippen LogP contribution in [0.2, 0.25) is 0 Å². The van der Waals surface area contributed by atoms with E-state index >= 15 is 0 Å². The molecule has 0 aliphatic carbocycles. The monoisotopic (exact) mass is 398 g/mol. The molecule has 1 heterocycles. The number of hydrogen-bond donors (Lipinski definition) is 2. The van der Waals surface area contributed by atoms with Crippen molar-refractivity contribution in [2.24, 2.45) is 0 Å². The van der Waals surface area contributed by atoms with Crippen LogP contribution in [0.4, 0.5) is 0 Å². The topological polar surface area (TPSA) is 28.9 Å². The maximum absolute atomic E-state index is 5.75. The number of hydrogen-bond acceptors (Lipinski definition) is 2. The molecule has 28 heavy (non-hydrogen) atoms. The summed E-state index contributed by atoms with van der Waals surface area (Å²) in [6, 6.07) is 21.2. The Morgan fingerprint density at radius 3 is 2.29 bits per heavy atom. The molecule has 0 atom stereocenters. The lowest BCUT2D eigenvalue weighted by molar-refractivity contribution is -0.908. The number of benzene rings is 2. The van der Waals surface area contributed by atoms with Gasteiger partial charge < -0.3 is 19.9 Å². The number of nitrogens with zero attached hydrogens (tertiary/aromatic N) is 1. The predicted molar refractivity (Wildman–Crippen MR) is 119 cm³/mol. The number of rotatable bonds is 9. The van der Waals surface area contributed by atoms with E-state index in [4.69, 9.17) is 17.0 Å². The third kappa shape index (κ3) is 7.23. The van der Waals surface area contributed by atoms with E-state index in [2.05, 4.69) is 70.9 Å². The number of ether oxygens (including phenoxy) is 1. The van der Waals surface area contributed by atoms with E-state index in [0.717, 1.165) is 63.9 Å². The Hall–Kier alpha value is -1.95. The van der Waals surface area contributed by atoms with Crippen molar-refractivity contribution in [1.82, 2.24) is 10.2 Å². The number of nitrogens with one attached hydrogen (secondary N) is 2. The molecule has 150 valence electrons.